The SMILES string of the molecule is COc1ccc(OC)c(C(O)C(O)CCNC(=O)OC(C)(C)C)c1. The van der Waals surface area contributed by atoms with Crippen LogP contribution >= 0.6 is 0 Å². The standard InChI is InChI=1S/C17H27NO6/c1-17(2,3)24-16(21)18-9-8-13(19)15(20)12-10-11(22-4)6-7-14(12)23-5/h6-7,10,13,15,19-20H,8-9H2,1-5H3,(H,18,21). The number of carbonyl (C=O) groups excluding carboxylic acids is 1. The van der Waals surface area contributed by atoms with Crippen LogP contribution in [0.2, 0.25) is 0 Å². The van der Waals surface area contributed by atoms with E-state index in [0.717, 1.165) is 0 Å². The van der Waals surface area contributed by atoms with Crippen molar-refractivity contribution in [3.05, 3.63) is 23.8 Å². The fraction of sp³-hybridized carbons (Fsp3) is 0.588. The number of ether oxygens (including phenoxy) is 3. The molecule has 0 radical (unpaired) electrons. The lowest BCUT2D eigenvalue weighted by molar-refractivity contribution is 0.0109. The lowest BCUT2D eigenvalue weighted by Gasteiger charge is -2.22. The summed E-state index contributed by atoms with van der Waals surface area (Å²) in [6, 6.07) is 4.96. The maximum Gasteiger partial charge on any atom is 0.407 e. The molecule has 3 N–H and O–H groups in total. The van der Waals surface area contributed by atoms with E-state index in [9.17, 15) is 15.0 Å². The van der Waals surface area contributed by atoms with Crippen molar-refractivity contribution in [1.82, 2.24) is 5.32 Å². The van der Waals surface area contributed by atoms with Crippen LogP contribution in [0.25, 0.3) is 0 Å². The molecule has 136 valence electrons. The first-order valence-electron chi connectivity index (χ1n) is 7.73. The average molecular weight is 341 g/mol. The summed E-state index contributed by atoms with van der Waals surface area (Å²) >= 11 is 0. The highest BCUT2D eigenvalue weighted by Gasteiger charge is 2.23. The number of aliphatic hydroxyl groups is 2. The predicted molar refractivity (Wildman–Crippen MR) is 89.4 cm³/mol. The minimum Gasteiger partial charge on any atom is -0.497 e. The maximum absolute atomic E-state index is 11.5. The van der Waals surface area contributed by atoms with Gasteiger partial charge in [0.25, 0.3) is 0 Å². The monoisotopic (exact) mass is 341 g/mol. The molecule has 2 atom stereocenters. The second-order valence-electron chi connectivity index (χ2n) is 6.34. The van der Waals surface area contributed by atoms with Gasteiger partial charge < -0.3 is 29.7 Å². The fourth-order valence-corrected chi connectivity index (χ4v) is 2.07. The highest BCUT2D eigenvalue weighted by atomic mass is 16.6. The number of methoxy groups -OCH3 is 2. The Morgan fingerprint density at radius 2 is 1.88 bits per heavy atom. The Morgan fingerprint density at radius 3 is 2.42 bits per heavy atom. The predicted octanol–water partition coefficient (Wildman–Crippen LogP) is 2.01. The fourth-order valence-electron chi connectivity index (χ4n) is 2.07. The highest BCUT2D eigenvalue weighted by molar-refractivity contribution is 5.67. The smallest absolute Gasteiger partial charge is 0.407 e. The van der Waals surface area contributed by atoms with Crippen LogP contribution in [0.5, 0.6) is 11.5 Å². The Balaban J connectivity index is 2.62. The molecule has 0 saturated carbocycles. The second-order valence-corrected chi connectivity index (χ2v) is 6.34. The summed E-state index contributed by atoms with van der Waals surface area (Å²) < 4.78 is 15.4. The molecule has 24 heavy (non-hydrogen) atoms. The lowest BCUT2D eigenvalue weighted by atomic mass is 10.0. The van der Waals surface area contributed by atoms with E-state index in [1.807, 2.05) is 0 Å². The van der Waals surface area contributed by atoms with Crippen LogP contribution in [-0.2, 0) is 4.74 Å². The summed E-state index contributed by atoms with van der Waals surface area (Å²) in [5, 5.41) is 23.0. The van der Waals surface area contributed by atoms with E-state index in [2.05, 4.69) is 5.32 Å². The Bertz CT molecular complexity index is 540. The minimum absolute atomic E-state index is 0.154. The van der Waals surface area contributed by atoms with Crippen molar-refractivity contribution in [1.29, 1.82) is 0 Å². The Labute approximate surface area is 142 Å². The van der Waals surface area contributed by atoms with Crippen molar-refractivity contribution in [2.24, 2.45) is 0 Å². The molecule has 1 aromatic carbocycles. The largest absolute Gasteiger partial charge is 0.497 e. The van der Waals surface area contributed by atoms with Crippen molar-refractivity contribution in [2.45, 2.75) is 45.0 Å². The van der Waals surface area contributed by atoms with Crippen LogP contribution < -0.4 is 14.8 Å². The van der Waals surface area contributed by atoms with Gasteiger partial charge in [-0.15, -0.1) is 0 Å². The van der Waals surface area contributed by atoms with E-state index >= 15 is 0 Å². The van der Waals surface area contributed by atoms with Crippen LogP contribution in [0.1, 0.15) is 38.9 Å². The van der Waals surface area contributed by atoms with E-state index in [1.165, 1.54) is 14.2 Å². The summed E-state index contributed by atoms with van der Waals surface area (Å²) in [5.74, 6) is 0.992. The molecule has 0 heterocycles. The number of alkyl carbamates (subject to hydrolysis) is 1. The Hall–Kier alpha value is -1.99. The molecule has 2 unspecified atom stereocenters. The zero-order chi connectivity index (χ0) is 18.3. The average Bonchev–Trinajstić information content (AvgIpc) is 2.51. The number of aliphatic hydroxyl groups excluding tert-OH is 2. The number of hydrogen-bond donors (Lipinski definition) is 3. The van der Waals surface area contributed by atoms with Crippen molar-refractivity contribution >= 4 is 6.09 Å². The van der Waals surface area contributed by atoms with Gasteiger partial charge in [0.1, 0.15) is 23.2 Å². The molecule has 0 aliphatic rings. The van der Waals surface area contributed by atoms with E-state index < -0.39 is 23.9 Å². The lowest BCUT2D eigenvalue weighted by Crippen LogP contribution is -2.34. The van der Waals surface area contributed by atoms with Crippen LogP contribution in [0.15, 0.2) is 18.2 Å². The molecule has 7 nitrogen and oxygen atoms in total. The van der Waals surface area contributed by atoms with Crippen LogP contribution in [0, 0.1) is 0 Å². The molecule has 0 aliphatic carbocycles. The van der Waals surface area contributed by atoms with Gasteiger partial charge in [-0.1, -0.05) is 0 Å². The number of carbonyl (C=O) groups is 1. The molecular weight excluding hydrogens is 314 g/mol. The molecule has 0 spiro atoms. The zero-order valence-corrected chi connectivity index (χ0v) is 14.8. The van der Waals surface area contributed by atoms with E-state index in [-0.39, 0.29) is 13.0 Å². The summed E-state index contributed by atoms with van der Waals surface area (Å²) in [7, 11) is 2.99. The molecule has 1 amide bonds. The van der Waals surface area contributed by atoms with E-state index in [0.29, 0.717) is 17.1 Å². The molecule has 0 saturated heterocycles. The third-order valence-electron chi connectivity index (χ3n) is 3.23. The second kappa shape index (κ2) is 8.75. The Kier molecular flexibility index (Phi) is 7.31. The van der Waals surface area contributed by atoms with Gasteiger partial charge in [0.2, 0.25) is 0 Å². The molecule has 1 aromatic rings. The molecule has 0 fully saturated rings. The van der Waals surface area contributed by atoms with Crippen LogP contribution in [0.3, 0.4) is 0 Å². The third kappa shape index (κ3) is 6.25. The number of rotatable bonds is 7. The topological polar surface area (TPSA) is 97.3 Å². The summed E-state index contributed by atoms with van der Waals surface area (Å²) in [4.78, 5) is 11.5. The Morgan fingerprint density at radius 1 is 1.21 bits per heavy atom. The first-order valence-corrected chi connectivity index (χ1v) is 7.73. The van der Waals surface area contributed by atoms with Crippen LogP contribution in [-0.4, -0.2) is 48.8 Å². The van der Waals surface area contributed by atoms with Gasteiger partial charge in [0.05, 0.1) is 20.3 Å². The van der Waals surface area contributed by atoms with Gasteiger partial charge in [-0.05, 0) is 45.4 Å². The first kappa shape index (κ1) is 20.1. The van der Waals surface area contributed by atoms with Gasteiger partial charge in [-0.25, -0.2) is 4.79 Å². The van der Waals surface area contributed by atoms with Crippen LogP contribution in [0.4, 0.5) is 4.79 Å². The molecule has 7 heteroatoms. The van der Waals surface area contributed by atoms with Gasteiger partial charge in [0, 0.05) is 12.1 Å². The van der Waals surface area contributed by atoms with Gasteiger partial charge in [0.15, 0.2) is 0 Å². The summed E-state index contributed by atoms with van der Waals surface area (Å²) in [5.41, 5.74) is -0.169. The maximum atomic E-state index is 11.5. The normalized spacial score (nSPS) is 13.8. The molecule has 0 aromatic heterocycles. The van der Waals surface area contributed by atoms with Gasteiger partial charge in [-0.3, -0.25) is 0 Å². The molecule has 0 bridgehead atoms. The number of nitrogens with one attached hydrogen (secondary N) is 1. The summed E-state index contributed by atoms with van der Waals surface area (Å²) in [6.45, 7) is 5.46. The van der Waals surface area contributed by atoms with E-state index in [4.69, 9.17) is 14.2 Å². The van der Waals surface area contributed by atoms with Crippen molar-refractivity contribution in [3.63, 3.8) is 0 Å². The minimum atomic E-state index is -1.17. The number of hydrogen-bond acceptors (Lipinski definition) is 6. The van der Waals surface area contributed by atoms with Gasteiger partial charge in [-0.2, -0.15) is 0 Å². The molecule has 1 rings (SSSR count). The first-order chi connectivity index (χ1) is 11.2. The van der Waals surface area contributed by atoms with E-state index in [1.54, 1.807) is 39.0 Å². The van der Waals surface area contributed by atoms with Crippen molar-refractivity contribution in [3.8, 4) is 11.5 Å². The zero-order valence-electron chi connectivity index (χ0n) is 14.8. The quantitative estimate of drug-likeness (QED) is 0.702. The third-order valence-corrected chi connectivity index (χ3v) is 3.23. The highest BCUT2D eigenvalue weighted by Crippen LogP contribution is 2.31. The van der Waals surface area contributed by atoms with Gasteiger partial charge >= 0.3 is 6.09 Å². The van der Waals surface area contributed by atoms with Crippen molar-refractivity contribution in [2.75, 3.05) is 20.8 Å². The molecule has 0 aliphatic heterocycles. The number of amides is 1. The molecular formula is C17H27NO6. The number of benzene rings is 1. The summed E-state index contributed by atoms with van der Waals surface area (Å²) in [6.07, 6.45) is -2.67. The van der Waals surface area contributed by atoms with Crippen molar-refractivity contribution < 1.29 is 29.2 Å².